The average Bonchev–Trinajstić information content (AvgIpc) is 2.81. The van der Waals surface area contributed by atoms with Crippen molar-refractivity contribution in [1.29, 1.82) is 0 Å². The minimum atomic E-state index is -0.338. The van der Waals surface area contributed by atoms with Crippen molar-refractivity contribution in [1.82, 2.24) is 20.2 Å². The quantitative estimate of drug-likeness (QED) is 0.639. The summed E-state index contributed by atoms with van der Waals surface area (Å²) < 4.78 is 18.6. The predicted octanol–water partition coefficient (Wildman–Crippen LogP) is 3.48. The summed E-state index contributed by atoms with van der Waals surface area (Å²) in [6, 6.07) is 13.3. The molecule has 2 aromatic heterocycles. The van der Waals surface area contributed by atoms with Crippen LogP contribution in [0.1, 0.15) is 23.0 Å². The molecule has 1 amide bonds. The van der Waals surface area contributed by atoms with E-state index in [-0.39, 0.29) is 11.7 Å². The van der Waals surface area contributed by atoms with Gasteiger partial charge in [-0.3, -0.25) is 14.7 Å². The molecule has 1 aromatic carbocycles. The Bertz CT molecular complexity index is 1040. The number of nitrogens with one attached hydrogen (secondary N) is 1. The van der Waals surface area contributed by atoms with Crippen molar-refractivity contribution in [3.05, 3.63) is 78.0 Å². The molecule has 1 saturated heterocycles. The average molecular weight is 436 g/mol. The van der Waals surface area contributed by atoms with Gasteiger partial charge in [0.15, 0.2) is 0 Å². The number of ether oxygens (including phenoxy) is 1. The number of halogens is 1. The van der Waals surface area contributed by atoms with Gasteiger partial charge >= 0.3 is 0 Å². The van der Waals surface area contributed by atoms with Crippen LogP contribution in [-0.2, 0) is 6.54 Å². The molecular weight excluding hydrogens is 409 g/mol. The Kier molecular flexibility index (Phi) is 6.72. The third-order valence-corrected chi connectivity index (χ3v) is 5.36. The Hall–Kier alpha value is -3.36. The second-order valence-corrected chi connectivity index (χ2v) is 7.90. The van der Waals surface area contributed by atoms with Crippen LogP contribution in [0.3, 0.4) is 0 Å². The summed E-state index contributed by atoms with van der Waals surface area (Å²) in [7, 11) is 1.71. The van der Waals surface area contributed by atoms with Crippen LogP contribution >= 0.6 is 0 Å². The first kappa shape index (κ1) is 21.9. The van der Waals surface area contributed by atoms with Crippen LogP contribution in [0.25, 0.3) is 0 Å². The van der Waals surface area contributed by atoms with Gasteiger partial charge in [-0.25, -0.2) is 9.37 Å². The van der Waals surface area contributed by atoms with Crippen molar-refractivity contribution in [2.75, 3.05) is 31.6 Å². The highest BCUT2D eigenvalue weighted by atomic mass is 19.1. The summed E-state index contributed by atoms with van der Waals surface area (Å²) in [5.74, 6) is 0.257. The lowest BCUT2D eigenvalue weighted by Gasteiger charge is -2.31. The second-order valence-electron chi connectivity index (χ2n) is 7.90. The molecule has 7 nitrogen and oxygen atoms in total. The number of aromatic nitrogens is 2. The van der Waals surface area contributed by atoms with Gasteiger partial charge in [-0.2, -0.15) is 0 Å². The van der Waals surface area contributed by atoms with E-state index < -0.39 is 0 Å². The molecule has 0 aliphatic carbocycles. The van der Waals surface area contributed by atoms with Gasteiger partial charge in [0.05, 0.1) is 23.1 Å². The molecule has 8 heteroatoms. The Morgan fingerprint density at radius 2 is 1.97 bits per heavy atom. The number of rotatable bonds is 6. The molecule has 0 spiro atoms. The molecule has 1 fully saturated rings. The molecule has 0 unspecified atom stereocenters. The first-order valence-electron chi connectivity index (χ1n) is 10.6. The Balaban J connectivity index is 1.36. The van der Waals surface area contributed by atoms with Gasteiger partial charge in [0.2, 0.25) is 5.88 Å². The minimum absolute atomic E-state index is 0.198. The van der Waals surface area contributed by atoms with Gasteiger partial charge in [-0.15, -0.1) is 0 Å². The van der Waals surface area contributed by atoms with Crippen LogP contribution in [0.2, 0.25) is 0 Å². The molecule has 4 rings (SSSR count). The van der Waals surface area contributed by atoms with Gasteiger partial charge < -0.3 is 15.0 Å². The number of anilines is 1. The zero-order chi connectivity index (χ0) is 22.5. The van der Waals surface area contributed by atoms with Crippen LogP contribution < -0.4 is 15.0 Å². The summed E-state index contributed by atoms with van der Waals surface area (Å²) in [4.78, 5) is 25.5. The standard InChI is InChI=1S/C24H26FN5O2/c1-17-15-30(12-11-26-17)16-20-6-7-21(14-27-20)29(2)24(31)18-3-10-23(28-13-18)32-22-8-4-19(25)5-9-22/h3-10,13-14,17,26H,11-12,15-16H2,1-2H3/t17-/m0/s1. The van der Waals surface area contributed by atoms with E-state index >= 15 is 0 Å². The van der Waals surface area contributed by atoms with E-state index in [9.17, 15) is 9.18 Å². The molecule has 32 heavy (non-hydrogen) atoms. The molecule has 166 valence electrons. The van der Waals surface area contributed by atoms with Crippen LogP contribution in [0, 0.1) is 5.82 Å². The van der Waals surface area contributed by atoms with Crippen molar-refractivity contribution in [2.45, 2.75) is 19.5 Å². The molecule has 1 atom stereocenters. The molecule has 1 N–H and O–H groups in total. The van der Waals surface area contributed by atoms with Crippen molar-refractivity contribution in [3.8, 4) is 11.6 Å². The van der Waals surface area contributed by atoms with Gasteiger partial charge in [0.1, 0.15) is 11.6 Å². The Morgan fingerprint density at radius 1 is 1.16 bits per heavy atom. The monoisotopic (exact) mass is 435 g/mol. The molecule has 3 heterocycles. The van der Waals surface area contributed by atoms with Crippen molar-refractivity contribution >= 4 is 11.6 Å². The number of benzene rings is 1. The number of hydrogen-bond acceptors (Lipinski definition) is 6. The lowest BCUT2D eigenvalue weighted by Crippen LogP contribution is -2.48. The molecule has 0 saturated carbocycles. The normalized spacial score (nSPS) is 16.5. The first-order chi connectivity index (χ1) is 15.5. The molecule has 0 bridgehead atoms. The number of hydrogen-bond donors (Lipinski definition) is 1. The number of amides is 1. The van der Waals surface area contributed by atoms with Crippen LogP contribution in [-0.4, -0.2) is 53.5 Å². The Morgan fingerprint density at radius 3 is 2.62 bits per heavy atom. The fourth-order valence-electron chi connectivity index (χ4n) is 3.59. The van der Waals surface area contributed by atoms with E-state index in [1.54, 1.807) is 30.3 Å². The van der Waals surface area contributed by atoms with Crippen LogP contribution in [0.5, 0.6) is 11.6 Å². The SMILES string of the molecule is C[C@H]1CN(Cc2ccc(N(C)C(=O)c3ccc(Oc4ccc(F)cc4)nc3)cn2)CCN1. The highest BCUT2D eigenvalue weighted by molar-refractivity contribution is 6.05. The van der Waals surface area contributed by atoms with Crippen LogP contribution in [0.4, 0.5) is 10.1 Å². The number of piperazine rings is 1. The third kappa shape index (κ3) is 5.46. The maximum absolute atomic E-state index is 13.0. The molecule has 1 aliphatic heterocycles. The third-order valence-electron chi connectivity index (χ3n) is 5.36. The smallest absolute Gasteiger partial charge is 0.259 e. The number of nitrogens with zero attached hydrogens (tertiary/aromatic N) is 4. The van der Waals surface area contributed by atoms with Crippen LogP contribution in [0.15, 0.2) is 60.9 Å². The zero-order valence-electron chi connectivity index (χ0n) is 18.2. The highest BCUT2D eigenvalue weighted by Crippen LogP contribution is 2.21. The van der Waals surface area contributed by atoms with E-state index in [4.69, 9.17) is 4.74 Å². The van der Waals surface area contributed by atoms with E-state index in [2.05, 4.69) is 27.1 Å². The fourth-order valence-corrected chi connectivity index (χ4v) is 3.59. The van der Waals surface area contributed by atoms with E-state index in [0.29, 0.717) is 28.9 Å². The lowest BCUT2D eigenvalue weighted by molar-refractivity contribution is 0.0992. The minimum Gasteiger partial charge on any atom is -0.439 e. The molecule has 0 radical (unpaired) electrons. The number of carbonyl (C=O) groups is 1. The van der Waals surface area contributed by atoms with Gasteiger partial charge in [-0.1, -0.05) is 0 Å². The van der Waals surface area contributed by atoms with E-state index in [1.165, 1.54) is 30.5 Å². The highest BCUT2D eigenvalue weighted by Gasteiger charge is 2.17. The number of pyridine rings is 2. The fraction of sp³-hybridized carbons (Fsp3) is 0.292. The van der Waals surface area contributed by atoms with Gasteiger partial charge in [-0.05, 0) is 49.4 Å². The molecular formula is C24H26FN5O2. The van der Waals surface area contributed by atoms with Crippen molar-refractivity contribution in [2.24, 2.45) is 0 Å². The molecule has 3 aromatic rings. The van der Waals surface area contributed by atoms with Gasteiger partial charge in [0.25, 0.3) is 5.91 Å². The van der Waals surface area contributed by atoms with E-state index in [0.717, 1.165) is 31.9 Å². The molecule has 1 aliphatic rings. The Labute approximate surface area is 186 Å². The summed E-state index contributed by atoms with van der Waals surface area (Å²) in [6.45, 7) is 5.96. The van der Waals surface area contributed by atoms with Crippen molar-refractivity contribution < 1.29 is 13.9 Å². The van der Waals surface area contributed by atoms with Crippen molar-refractivity contribution in [3.63, 3.8) is 0 Å². The summed E-state index contributed by atoms with van der Waals surface area (Å²) >= 11 is 0. The summed E-state index contributed by atoms with van der Waals surface area (Å²) in [5.41, 5.74) is 2.12. The zero-order valence-corrected chi connectivity index (χ0v) is 18.2. The lowest BCUT2D eigenvalue weighted by atomic mass is 10.2. The first-order valence-corrected chi connectivity index (χ1v) is 10.6. The topological polar surface area (TPSA) is 70.6 Å². The summed E-state index contributed by atoms with van der Waals surface area (Å²) in [6.07, 6.45) is 3.18. The number of carbonyl (C=O) groups excluding carboxylic acids is 1. The maximum atomic E-state index is 13.0. The predicted molar refractivity (Wildman–Crippen MR) is 120 cm³/mol. The second kappa shape index (κ2) is 9.84. The maximum Gasteiger partial charge on any atom is 0.259 e. The van der Waals surface area contributed by atoms with E-state index in [1.807, 2.05) is 12.1 Å². The summed E-state index contributed by atoms with van der Waals surface area (Å²) in [5, 5.41) is 3.43. The largest absolute Gasteiger partial charge is 0.439 e. The van der Waals surface area contributed by atoms with Gasteiger partial charge in [0, 0.05) is 51.5 Å².